The fourth-order valence-corrected chi connectivity index (χ4v) is 2.88. The van der Waals surface area contributed by atoms with Crippen LogP contribution in [0.1, 0.15) is 37.2 Å². The topological polar surface area (TPSA) is 85.2 Å². The van der Waals surface area contributed by atoms with E-state index in [0.717, 1.165) is 5.56 Å². The maximum absolute atomic E-state index is 12.8. The highest BCUT2D eigenvalue weighted by Crippen LogP contribution is 2.29. The van der Waals surface area contributed by atoms with Gasteiger partial charge in [0.05, 0.1) is 24.0 Å². The minimum absolute atomic E-state index is 0.171. The Morgan fingerprint density at radius 2 is 1.90 bits per heavy atom. The molecule has 0 unspecified atom stereocenters. The number of carbonyl (C=O) groups is 1. The zero-order valence-electron chi connectivity index (χ0n) is 16.5. The van der Waals surface area contributed by atoms with Gasteiger partial charge in [0.2, 0.25) is 0 Å². The van der Waals surface area contributed by atoms with Gasteiger partial charge in [-0.2, -0.15) is 0 Å². The van der Waals surface area contributed by atoms with Gasteiger partial charge in [-0.05, 0) is 44.5 Å². The molecule has 3 aromatic rings. The molecule has 29 heavy (non-hydrogen) atoms. The zero-order chi connectivity index (χ0) is 21.0. The molecule has 3 rings (SSSR count). The summed E-state index contributed by atoms with van der Waals surface area (Å²) in [6.07, 6.45) is 3.72. The van der Waals surface area contributed by atoms with Gasteiger partial charge >= 0.3 is 0 Å². The lowest BCUT2D eigenvalue weighted by Crippen LogP contribution is -2.20. The molecule has 1 aromatic carbocycles. The smallest absolute Gasteiger partial charge is 0.181 e. The summed E-state index contributed by atoms with van der Waals surface area (Å²) in [5, 5.41) is 10.6. The second-order valence-electron chi connectivity index (χ2n) is 7.28. The highest BCUT2D eigenvalue weighted by Gasteiger charge is 2.20. The van der Waals surface area contributed by atoms with E-state index in [9.17, 15) is 9.90 Å². The van der Waals surface area contributed by atoms with Crippen LogP contribution in [-0.2, 0) is 0 Å². The molecule has 0 radical (unpaired) electrons. The van der Waals surface area contributed by atoms with Crippen LogP contribution in [0, 0.1) is 0 Å². The molecule has 6 nitrogen and oxygen atoms in total. The van der Waals surface area contributed by atoms with Crippen molar-refractivity contribution in [3.63, 3.8) is 0 Å². The van der Waals surface area contributed by atoms with Gasteiger partial charge in [0.25, 0.3) is 0 Å². The normalized spacial score (nSPS) is 11.3. The summed E-state index contributed by atoms with van der Waals surface area (Å²) in [7, 11) is 1.55. The minimum Gasteiger partial charge on any atom is -0.496 e. The lowest BCUT2D eigenvalue weighted by Gasteiger charge is -2.16. The van der Waals surface area contributed by atoms with E-state index in [4.69, 9.17) is 16.3 Å². The number of benzene rings is 1. The molecule has 1 N–H and O–H groups in total. The molecule has 0 atom stereocenters. The average Bonchev–Trinajstić information content (AvgIpc) is 2.71. The molecule has 7 heteroatoms. The number of halogens is 1. The number of aliphatic hydroxyl groups is 1. The fourth-order valence-electron chi connectivity index (χ4n) is 2.75. The number of methoxy groups -OCH3 is 1. The third kappa shape index (κ3) is 5.37. The minimum atomic E-state index is -0.933. The van der Waals surface area contributed by atoms with Crippen molar-refractivity contribution in [1.29, 1.82) is 0 Å². The van der Waals surface area contributed by atoms with E-state index >= 15 is 0 Å². The SMILES string of the molecule is COc1ccncc1-c1nc(C(=O)CCC(C)(C)O)cc(-c2ccc(Cl)cc2)n1. The van der Waals surface area contributed by atoms with E-state index in [1.54, 1.807) is 57.6 Å². The van der Waals surface area contributed by atoms with Gasteiger partial charge in [0.1, 0.15) is 11.4 Å². The van der Waals surface area contributed by atoms with Crippen LogP contribution in [-0.4, -0.2) is 38.6 Å². The number of hydrogen-bond acceptors (Lipinski definition) is 6. The number of aromatic nitrogens is 3. The van der Waals surface area contributed by atoms with Crippen molar-refractivity contribution < 1.29 is 14.6 Å². The number of ketones is 1. The monoisotopic (exact) mass is 411 g/mol. The molecule has 0 saturated heterocycles. The first-order valence-electron chi connectivity index (χ1n) is 9.16. The van der Waals surface area contributed by atoms with E-state index in [2.05, 4.69) is 15.0 Å². The number of ether oxygens (including phenoxy) is 1. The van der Waals surface area contributed by atoms with Crippen molar-refractivity contribution in [2.45, 2.75) is 32.3 Å². The highest BCUT2D eigenvalue weighted by atomic mass is 35.5. The Hall–Kier alpha value is -2.83. The molecule has 2 heterocycles. The maximum atomic E-state index is 12.8. The number of hydrogen-bond donors (Lipinski definition) is 1. The molecule has 0 fully saturated rings. The molecular formula is C22H22ClN3O3. The van der Waals surface area contributed by atoms with Gasteiger partial charge < -0.3 is 9.84 Å². The molecule has 2 aromatic heterocycles. The summed E-state index contributed by atoms with van der Waals surface area (Å²) in [4.78, 5) is 26.0. The van der Waals surface area contributed by atoms with Crippen molar-refractivity contribution in [3.05, 3.63) is 59.5 Å². The summed E-state index contributed by atoms with van der Waals surface area (Å²) >= 11 is 6.00. The lowest BCUT2D eigenvalue weighted by molar-refractivity contribution is 0.0631. The van der Waals surface area contributed by atoms with E-state index < -0.39 is 5.60 Å². The molecule has 0 spiro atoms. The summed E-state index contributed by atoms with van der Waals surface area (Å²) < 4.78 is 5.40. The summed E-state index contributed by atoms with van der Waals surface area (Å²) in [6.45, 7) is 3.34. The first kappa shape index (κ1) is 20.9. The third-order valence-electron chi connectivity index (χ3n) is 4.36. The molecule has 0 saturated carbocycles. The Balaban J connectivity index is 2.09. The molecule has 0 aliphatic heterocycles. The van der Waals surface area contributed by atoms with Crippen LogP contribution in [0.4, 0.5) is 0 Å². The van der Waals surface area contributed by atoms with Gasteiger partial charge in [-0.1, -0.05) is 23.7 Å². The summed E-state index contributed by atoms with van der Waals surface area (Å²) in [5.74, 6) is 0.728. The Morgan fingerprint density at radius 3 is 2.55 bits per heavy atom. The van der Waals surface area contributed by atoms with Gasteiger partial charge in [-0.15, -0.1) is 0 Å². The van der Waals surface area contributed by atoms with Gasteiger partial charge in [-0.25, -0.2) is 9.97 Å². The highest BCUT2D eigenvalue weighted by molar-refractivity contribution is 6.30. The molecule has 0 aliphatic rings. The Morgan fingerprint density at radius 1 is 1.17 bits per heavy atom. The molecule has 150 valence electrons. The number of pyridine rings is 1. The summed E-state index contributed by atoms with van der Waals surface area (Å²) in [6, 6.07) is 10.6. The van der Waals surface area contributed by atoms with Crippen LogP contribution in [0.2, 0.25) is 5.02 Å². The molecular weight excluding hydrogens is 390 g/mol. The van der Waals surface area contributed by atoms with Crippen molar-refractivity contribution in [3.8, 4) is 28.4 Å². The number of rotatable bonds is 7. The van der Waals surface area contributed by atoms with E-state index in [-0.39, 0.29) is 17.9 Å². The van der Waals surface area contributed by atoms with Crippen LogP contribution in [0.3, 0.4) is 0 Å². The van der Waals surface area contributed by atoms with E-state index in [1.807, 2.05) is 12.1 Å². The predicted octanol–water partition coefficient (Wildman–Crippen LogP) is 4.60. The van der Waals surface area contributed by atoms with E-state index in [0.29, 0.717) is 34.3 Å². The first-order valence-corrected chi connectivity index (χ1v) is 9.53. The van der Waals surface area contributed by atoms with Crippen LogP contribution in [0.15, 0.2) is 48.8 Å². The van der Waals surface area contributed by atoms with Gasteiger partial charge in [0.15, 0.2) is 11.6 Å². The molecule has 0 amide bonds. The Bertz CT molecular complexity index is 1010. The second kappa shape index (κ2) is 8.68. The Labute approximate surface area is 174 Å². The first-order chi connectivity index (χ1) is 13.8. The van der Waals surface area contributed by atoms with Crippen LogP contribution >= 0.6 is 11.6 Å². The van der Waals surface area contributed by atoms with Crippen molar-refractivity contribution >= 4 is 17.4 Å². The van der Waals surface area contributed by atoms with Crippen molar-refractivity contribution in [1.82, 2.24) is 15.0 Å². The maximum Gasteiger partial charge on any atom is 0.181 e. The number of carbonyl (C=O) groups excluding carboxylic acids is 1. The van der Waals surface area contributed by atoms with Crippen molar-refractivity contribution in [2.75, 3.05) is 7.11 Å². The number of Topliss-reactive ketones (excluding diaryl/α,β-unsaturated/α-hetero) is 1. The number of nitrogens with zero attached hydrogens (tertiary/aromatic N) is 3. The second-order valence-corrected chi connectivity index (χ2v) is 7.72. The van der Waals surface area contributed by atoms with Gasteiger partial charge in [0, 0.05) is 29.4 Å². The molecule has 0 bridgehead atoms. The van der Waals surface area contributed by atoms with Crippen LogP contribution < -0.4 is 4.74 Å². The van der Waals surface area contributed by atoms with Crippen LogP contribution in [0.5, 0.6) is 5.75 Å². The van der Waals surface area contributed by atoms with Crippen molar-refractivity contribution in [2.24, 2.45) is 0 Å². The average molecular weight is 412 g/mol. The fraction of sp³-hybridized carbons (Fsp3) is 0.273. The Kier molecular flexibility index (Phi) is 6.25. The quantitative estimate of drug-likeness (QED) is 0.572. The van der Waals surface area contributed by atoms with E-state index in [1.165, 1.54) is 0 Å². The summed E-state index contributed by atoms with van der Waals surface area (Å²) in [5.41, 5.74) is 1.32. The predicted molar refractivity (Wildman–Crippen MR) is 112 cm³/mol. The lowest BCUT2D eigenvalue weighted by atomic mass is 9.99. The third-order valence-corrected chi connectivity index (χ3v) is 4.61. The van der Waals surface area contributed by atoms with Gasteiger partial charge in [-0.3, -0.25) is 9.78 Å². The standard InChI is InChI=1S/C22H22ClN3O3/c1-22(2,28)10-8-19(27)18-12-17(14-4-6-15(23)7-5-14)25-21(26-18)16-13-24-11-9-20(16)29-3/h4-7,9,11-13,28H,8,10H2,1-3H3. The largest absolute Gasteiger partial charge is 0.496 e. The molecule has 0 aliphatic carbocycles. The zero-order valence-corrected chi connectivity index (χ0v) is 17.3. The van der Waals surface area contributed by atoms with Crippen LogP contribution in [0.25, 0.3) is 22.6 Å².